The van der Waals surface area contributed by atoms with E-state index in [4.69, 9.17) is 4.74 Å². The first-order valence-electron chi connectivity index (χ1n) is 8.95. The van der Waals surface area contributed by atoms with Gasteiger partial charge in [-0.3, -0.25) is 4.99 Å². The molecule has 0 radical (unpaired) electrons. The fourth-order valence-corrected chi connectivity index (χ4v) is 2.70. The molecule has 2 rings (SSSR count). The van der Waals surface area contributed by atoms with Crippen LogP contribution in [0.4, 0.5) is 5.69 Å². The predicted octanol–water partition coefficient (Wildman–Crippen LogP) is 5.69. The molecule has 3 atom stereocenters. The molecule has 132 valence electrons. The molecule has 0 aromatic heterocycles. The van der Waals surface area contributed by atoms with Crippen LogP contribution in [-0.4, -0.2) is 18.3 Å². The highest BCUT2D eigenvalue weighted by Gasteiger charge is 2.20. The van der Waals surface area contributed by atoms with Crippen LogP contribution < -0.4 is 0 Å². The van der Waals surface area contributed by atoms with E-state index in [1.54, 1.807) is 12.1 Å². The highest BCUT2D eigenvalue weighted by molar-refractivity contribution is 5.89. The smallest absolute Gasteiger partial charge is 0.338 e. The fourth-order valence-electron chi connectivity index (χ4n) is 2.70. The van der Waals surface area contributed by atoms with Crippen LogP contribution in [0.15, 0.2) is 65.7 Å². The molecule has 3 unspecified atom stereocenters. The summed E-state index contributed by atoms with van der Waals surface area (Å²) < 4.78 is 5.61. The number of esters is 1. The molecular weight excluding hydrogens is 310 g/mol. The summed E-state index contributed by atoms with van der Waals surface area (Å²) in [6.07, 6.45) is 3.68. The lowest BCUT2D eigenvalue weighted by molar-refractivity contribution is 0.0294. The Balaban J connectivity index is 1.98. The third kappa shape index (κ3) is 6.18. The van der Waals surface area contributed by atoms with Gasteiger partial charge in [0.15, 0.2) is 0 Å². The van der Waals surface area contributed by atoms with E-state index in [0.717, 1.165) is 18.5 Å². The topological polar surface area (TPSA) is 38.7 Å². The molecule has 3 nitrogen and oxygen atoms in total. The summed E-state index contributed by atoms with van der Waals surface area (Å²) >= 11 is 0. The number of nitrogens with zero attached hydrogens (tertiary/aromatic N) is 1. The molecule has 2 aromatic carbocycles. The van der Waals surface area contributed by atoms with Crippen LogP contribution in [-0.2, 0) is 4.74 Å². The molecule has 0 aliphatic rings. The molecule has 0 saturated heterocycles. The van der Waals surface area contributed by atoms with Crippen molar-refractivity contribution in [3.05, 3.63) is 66.2 Å². The predicted molar refractivity (Wildman–Crippen MR) is 103 cm³/mol. The number of carbonyl (C=O) groups excluding carboxylic acids is 1. The van der Waals surface area contributed by atoms with Crippen molar-refractivity contribution in [2.24, 2.45) is 16.8 Å². The van der Waals surface area contributed by atoms with Gasteiger partial charge in [-0.05, 0) is 43.5 Å². The monoisotopic (exact) mass is 337 g/mol. The van der Waals surface area contributed by atoms with Crippen LogP contribution in [0.1, 0.15) is 44.0 Å². The first-order chi connectivity index (χ1) is 12.1. The lowest BCUT2D eigenvalue weighted by Gasteiger charge is -2.23. The van der Waals surface area contributed by atoms with Crippen molar-refractivity contribution in [1.82, 2.24) is 0 Å². The molecule has 0 aliphatic carbocycles. The molecule has 3 heteroatoms. The van der Waals surface area contributed by atoms with Gasteiger partial charge in [-0.1, -0.05) is 56.7 Å². The number of hydrogen-bond acceptors (Lipinski definition) is 3. The summed E-state index contributed by atoms with van der Waals surface area (Å²) in [6.45, 7) is 6.34. The molecule has 0 spiro atoms. The van der Waals surface area contributed by atoms with Crippen molar-refractivity contribution in [1.29, 1.82) is 0 Å². The third-order valence-electron chi connectivity index (χ3n) is 4.47. The largest absolute Gasteiger partial charge is 0.459 e. The van der Waals surface area contributed by atoms with E-state index in [1.165, 1.54) is 0 Å². The maximum atomic E-state index is 12.2. The van der Waals surface area contributed by atoms with Crippen LogP contribution in [0.2, 0.25) is 0 Å². The Labute approximate surface area is 150 Å². The zero-order valence-electron chi connectivity index (χ0n) is 15.3. The average Bonchev–Trinajstić information content (AvgIpc) is 2.66. The van der Waals surface area contributed by atoms with E-state index in [0.29, 0.717) is 11.5 Å². The van der Waals surface area contributed by atoms with Gasteiger partial charge < -0.3 is 4.74 Å². The molecule has 0 bridgehead atoms. The second kappa shape index (κ2) is 9.77. The normalized spacial score (nSPS) is 14.8. The molecule has 0 N–H and O–H groups in total. The lowest BCUT2D eigenvalue weighted by atomic mass is 9.88. The zero-order chi connectivity index (χ0) is 18.1. The molecule has 0 saturated carbocycles. The summed E-state index contributed by atoms with van der Waals surface area (Å²) in [5.74, 6) is 0.477. The fraction of sp³-hybridized carbons (Fsp3) is 0.364. The van der Waals surface area contributed by atoms with Gasteiger partial charge in [-0.2, -0.15) is 0 Å². The standard InChI is InChI=1S/C22H27NO2/c1-4-17(2)20(16-23-21-13-9-6-10-14-21)15-18(3)25-22(24)19-11-7-5-8-12-19/h5-14,16-18,20H,4,15H2,1-3H3. The maximum Gasteiger partial charge on any atom is 0.338 e. The second-order valence-electron chi connectivity index (χ2n) is 6.48. The molecule has 0 heterocycles. The molecule has 2 aromatic rings. The summed E-state index contributed by atoms with van der Waals surface area (Å²) in [4.78, 5) is 16.8. The van der Waals surface area contributed by atoms with E-state index >= 15 is 0 Å². The van der Waals surface area contributed by atoms with Gasteiger partial charge in [0.25, 0.3) is 0 Å². The van der Waals surface area contributed by atoms with Crippen LogP contribution in [0.3, 0.4) is 0 Å². The second-order valence-corrected chi connectivity index (χ2v) is 6.48. The number of carbonyl (C=O) groups is 1. The van der Waals surface area contributed by atoms with Crippen molar-refractivity contribution in [2.75, 3.05) is 0 Å². The number of aliphatic imine (C=N–C) groups is 1. The first kappa shape index (κ1) is 18.9. The Morgan fingerprint density at radius 1 is 1.04 bits per heavy atom. The Bertz CT molecular complexity index is 667. The van der Waals surface area contributed by atoms with Crippen molar-refractivity contribution < 1.29 is 9.53 Å². The van der Waals surface area contributed by atoms with E-state index in [1.807, 2.05) is 61.7 Å². The minimum absolute atomic E-state index is 0.158. The molecule has 0 amide bonds. The van der Waals surface area contributed by atoms with E-state index in [2.05, 4.69) is 18.8 Å². The van der Waals surface area contributed by atoms with Gasteiger partial charge in [0, 0.05) is 12.1 Å². The van der Waals surface area contributed by atoms with E-state index in [-0.39, 0.29) is 18.0 Å². The van der Waals surface area contributed by atoms with Gasteiger partial charge >= 0.3 is 5.97 Å². The van der Waals surface area contributed by atoms with Gasteiger partial charge in [-0.15, -0.1) is 0 Å². The highest BCUT2D eigenvalue weighted by atomic mass is 16.5. The third-order valence-corrected chi connectivity index (χ3v) is 4.47. The van der Waals surface area contributed by atoms with E-state index in [9.17, 15) is 4.79 Å². The number of hydrogen-bond donors (Lipinski definition) is 0. The number of para-hydroxylation sites is 1. The summed E-state index contributed by atoms with van der Waals surface area (Å²) in [5.41, 5.74) is 1.54. The van der Waals surface area contributed by atoms with Crippen LogP contribution in [0.25, 0.3) is 0 Å². The molecule has 0 fully saturated rings. The summed E-state index contributed by atoms with van der Waals surface area (Å²) in [7, 11) is 0. The quantitative estimate of drug-likeness (QED) is 0.458. The first-order valence-corrected chi connectivity index (χ1v) is 8.95. The average molecular weight is 337 g/mol. The molecular formula is C22H27NO2. The summed E-state index contributed by atoms with van der Waals surface area (Å²) in [6, 6.07) is 19.0. The Morgan fingerprint density at radius 2 is 1.64 bits per heavy atom. The zero-order valence-corrected chi connectivity index (χ0v) is 15.3. The van der Waals surface area contributed by atoms with Crippen molar-refractivity contribution in [3.63, 3.8) is 0 Å². The minimum Gasteiger partial charge on any atom is -0.459 e. The van der Waals surface area contributed by atoms with Crippen molar-refractivity contribution in [2.45, 2.75) is 39.7 Å². The highest BCUT2D eigenvalue weighted by Crippen LogP contribution is 2.22. The number of rotatable bonds is 8. The van der Waals surface area contributed by atoms with Crippen LogP contribution in [0, 0.1) is 11.8 Å². The van der Waals surface area contributed by atoms with Gasteiger partial charge in [0.1, 0.15) is 0 Å². The molecule has 25 heavy (non-hydrogen) atoms. The van der Waals surface area contributed by atoms with Gasteiger partial charge in [-0.25, -0.2) is 4.79 Å². The lowest BCUT2D eigenvalue weighted by Crippen LogP contribution is -2.23. The van der Waals surface area contributed by atoms with Crippen LogP contribution in [0.5, 0.6) is 0 Å². The van der Waals surface area contributed by atoms with Crippen molar-refractivity contribution in [3.8, 4) is 0 Å². The van der Waals surface area contributed by atoms with Gasteiger partial charge in [0.05, 0.1) is 17.4 Å². The summed E-state index contributed by atoms with van der Waals surface area (Å²) in [5, 5.41) is 0. The number of ether oxygens (including phenoxy) is 1. The Hall–Kier alpha value is -2.42. The maximum absolute atomic E-state index is 12.2. The van der Waals surface area contributed by atoms with Crippen molar-refractivity contribution >= 4 is 17.9 Å². The van der Waals surface area contributed by atoms with Gasteiger partial charge in [0.2, 0.25) is 0 Å². The number of benzene rings is 2. The molecule has 0 aliphatic heterocycles. The van der Waals surface area contributed by atoms with Crippen LogP contribution >= 0.6 is 0 Å². The SMILES string of the molecule is CCC(C)C(C=Nc1ccccc1)CC(C)OC(=O)c1ccccc1. The minimum atomic E-state index is -0.268. The Morgan fingerprint density at radius 3 is 2.24 bits per heavy atom. The Kier molecular flexibility index (Phi) is 7.39. The van der Waals surface area contributed by atoms with E-state index < -0.39 is 0 Å².